The lowest BCUT2D eigenvalue weighted by atomic mass is 10.1. The van der Waals surface area contributed by atoms with E-state index in [1.165, 1.54) is 0 Å². The predicted molar refractivity (Wildman–Crippen MR) is 72.4 cm³/mol. The molecule has 0 atom stereocenters. The predicted octanol–water partition coefficient (Wildman–Crippen LogP) is 2.79. The Kier molecular flexibility index (Phi) is 3.52. The summed E-state index contributed by atoms with van der Waals surface area (Å²) in [5, 5.41) is 13.3. The number of carboxylic acids is 1. The summed E-state index contributed by atoms with van der Waals surface area (Å²) in [4.78, 5) is 10.8. The van der Waals surface area contributed by atoms with E-state index in [1.807, 2.05) is 31.2 Å². The zero-order chi connectivity index (χ0) is 13.3. The molecule has 0 saturated heterocycles. The van der Waals surface area contributed by atoms with Crippen molar-refractivity contribution in [2.75, 3.05) is 0 Å². The van der Waals surface area contributed by atoms with Gasteiger partial charge in [0.1, 0.15) is 5.69 Å². The second-order valence-corrected chi connectivity index (χ2v) is 4.97. The lowest BCUT2D eigenvalue weighted by molar-refractivity contribution is -0.136. The molecule has 1 aromatic carbocycles. The van der Waals surface area contributed by atoms with Crippen LogP contribution in [0.3, 0.4) is 0 Å². The summed E-state index contributed by atoms with van der Waals surface area (Å²) in [7, 11) is 1.75. The first-order valence-electron chi connectivity index (χ1n) is 5.49. The number of carboxylic acid groups (broad SMARTS) is 1. The van der Waals surface area contributed by atoms with Crippen molar-refractivity contribution in [1.29, 1.82) is 0 Å². The SMILES string of the molecule is Cc1cccc(-c2nn(C)c(CC(=O)O)c2Br)c1. The minimum atomic E-state index is -0.866. The summed E-state index contributed by atoms with van der Waals surface area (Å²) in [6.07, 6.45) is -0.0457. The molecule has 2 rings (SSSR count). The van der Waals surface area contributed by atoms with Crippen LogP contribution < -0.4 is 0 Å². The smallest absolute Gasteiger partial charge is 0.309 e. The number of hydrogen-bond donors (Lipinski definition) is 1. The Morgan fingerprint density at radius 1 is 1.50 bits per heavy atom. The first-order chi connectivity index (χ1) is 8.49. The number of benzene rings is 1. The van der Waals surface area contributed by atoms with Crippen LogP contribution in [0.15, 0.2) is 28.7 Å². The fourth-order valence-electron chi connectivity index (χ4n) is 1.85. The lowest BCUT2D eigenvalue weighted by Crippen LogP contribution is -2.06. The highest BCUT2D eigenvalue weighted by atomic mass is 79.9. The Morgan fingerprint density at radius 3 is 2.83 bits per heavy atom. The van der Waals surface area contributed by atoms with E-state index in [4.69, 9.17) is 5.11 Å². The Morgan fingerprint density at radius 2 is 2.22 bits per heavy atom. The molecular formula is C13H13BrN2O2. The third-order valence-electron chi connectivity index (χ3n) is 2.71. The van der Waals surface area contributed by atoms with Crippen molar-refractivity contribution in [3.8, 4) is 11.3 Å². The first kappa shape index (κ1) is 12.8. The van der Waals surface area contributed by atoms with Crippen molar-refractivity contribution in [2.45, 2.75) is 13.3 Å². The summed E-state index contributed by atoms with van der Waals surface area (Å²) >= 11 is 3.45. The van der Waals surface area contributed by atoms with Crippen LogP contribution in [0.5, 0.6) is 0 Å². The molecule has 18 heavy (non-hydrogen) atoms. The average molecular weight is 309 g/mol. The Balaban J connectivity index is 2.50. The quantitative estimate of drug-likeness (QED) is 0.948. The monoisotopic (exact) mass is 308 g/mol. The molecule has 0 fully saturated rings. The van der Waals surface area contributed by atoms with Gasteiger partial charge in [-0.15, -0.1) is 0 Å². The maximum atomic E-state index is 10.8. The molecule has 0 bridgehead atoms. The first-order valence-corrected chi connectivity index (χ1v) is 6.28. The van der Waals surface area contributed by atoms with Crippen LogP contribution in [-0.4, -0.2) is 20.9 Å². The number of aryl methyl sites for hydroxylation is 2. The third-order valence-corrected chi connectivity index (χ3v) is 3.55. The number of aromatic nitrogens is 2. The second-order valence-electron chi connectivity index (χ2n) is 4.17. The summed E-state index contributed by atoms with van der Waals surface area (Å²) in [6, 6.07) is 7.96. The molecule has 0 aliphatic carbocycles. The molecule has 1 aromatic heterocycles. The van der Waals surface area contributed by atoms with E-state index in [1.54, 1.807) is 11.7 Å². The fraction of sp³-hybridized carbons (Fsp3) is 0.231. The van der Waals surface area contributed by atoms with E-state index < -0.39 is 5.97 Å². The van der Waals surface area contributed by atoms with Crippen LogP contribution in [0.2, 0.25) is 0 Å². The van der Waals surface area contributed by atoms with E-state index >= 15 is 0 Å². The van der Waals surface area contributed by atoms with E-state index in [-0.39, 0.29) is 6.42 Å². The summed E-state index contributed by atoms with van der Waals surface area (Å²) in [6.45, 7) is 2.01. The minimum absolute atomic E-state index is 0.0457. The normalized spacial score (nSPS) is 10.6. The molecule has 0 radical (unpaired) electrons. The Bertz CT molecular complexity index is 605. The highest BCUT2D eigenvalue weighted by molar-refractivity contribution is 9.10. The number of rotatable bonds is 3. The van der Waals surface area contributed by atoms with Gasteiger partial charge in [0.05, 0.1) is 16.6 Å². The zero-order valence-corrected chi connectivity index (χ0v) is 11.7. The van der Waals surface area contributed by atoms with Crippen LogP contribution in [0.4, 0.5) is 0 Å². The van der Waals surface area contributed by atoms with Crippen molar-refractivity contribution in [2.24, 2.45) is 7.05 Å². The zero-order valence-electron chi connectivity index (χ0n) is 10.1. The topological polar surface area (TPSA) is 55.1 Å². The molecular weight excluding hydrogens is 296 g/mol. The Labute approximate surface area is 113 Å². The molecule has 5 heteroatoms. The van der Waals surface area contributed by atoms with Crippen LogP contribution >= 0.6 is 15.9 Å². The maximum Gasteiger partial charge on any atom is 0.309 e. The molecule has 0 aliphatic heterocycles. The molecule has 0 spiro atoms. The number of hydrogen-bond acceptors (Lipinski definition) is 2. The molecule has 1 heterocycles. The average Bonchev–Trinajstić information content (AvgIpc) is 2.56. The van der Waals surface area contributed by atoms with Gasteiger partial charge in [0.25, 0.3) is 0 Å². The minimum Gasteiger partial charge on any atom is -0.481 e. The highest BCUT2D eigenvalue weighted by Gasteiger charge is 2.17. The van der Waals surface area contributed by atoms with Gasteiger partial charge >= 0.3 is 5.97 Å². The lowest BCUT2D eigenvalue weighted by Gasteiger charge is -1.99. The van der Waals surface area contributed by atoms with Gasteiger partial charge in [0, 0.05) is 12.6 Å². The maximum absolute atomic E-state index is 10.8. The van der Waals surface area contributed by atoms with Crippen molar-refractivity contribution in [1.82, 2.24) is 9.78 Å². The van der Waals surface area contributed by atoms with Crippen LogP contribution in [0.1, 0.15) is 11.3 Å². The number of halogens is 1. The van der Waals surface area contributed by atoms with E-state index in [0.29, 0.717) is 5.69 Å². The van der Waals surface area contributed by atoms with Crippen LogP contribution in [0.25, 0.3) is 11.3 Å². The van der Waals surface area contributed by atoms with E-state index in [0.717, 1.165) is 21.3 Å². The molecule has 1 N–H and O–H groups in total. The second kappa shape index (κ2) is 4.94. The van der Waals surface area contributed by atoms with Gasteiger partial charge in [-0.1, -0.05) is 23.8 Å². The molecule has 0 amide bonds. The van der Waals surface area contributed by atoms with Gasteiger partial charge in [-0.25, -0.2) is 0 Å². The molecule has 4 nitrogen and oxygen atoms in total. The number of nitrogens with zero attached hydrogens (tertiary/aromatic N) is 2. The molecule has 0 aliphatic rings. The molecule has 94 valence electrons. The highest BCUT2D eigenvalue weighted by Crippen LogP contribution is 2.30. The summed E-state index contributed by atoms with van der Waals surface area (Å²) in [5.74, 6) is -0.866. The van der Waals surface area contributed by atoms with Crippen molar-refractivity contribution in [3.63, 3.8) is 0 Å². The number of aliphatic carboxylic acids is 1. The van der Waals surface area contributed by atoms with Gasteiger partial charge in [-0.3, -0.25) is 9.48 Å². The largest absolute Gasteiger partial charge is 0.481 e. The van der Waals surface area contributed by atoms with E-state index in [2.05, 4.69) is 21.0 Å². The van der Waals surface area contributed by atoms with Gasteiger partial charge in [0.15, 0.2) is 0 Å². The molecule has 2 aromatic rings. The number of carbonyl (C=O) groups is 1. The van der Waals surface area contributed by atoms with Crippen molar-refractivity contribution < 1.29 is 9.90 Å². The fourth-order valence-corrected chi connectivity index (χ4v) is 2.55. The third kappa shape index (κ3) is 2.46. The molecule has 0 unspecified atom stereocenters. The van der Waals surface area contributed by atoms with Gasteiger partial charge in [-0.2, -0.15) is 5.10 Å². The summed E-state index contributed by atoms with van der Waals surface area (Å²) < 4.78 is 2.36. The Hall–Kier alpha value is -1.62. The van der Waals surface area contributed by atoms with Crippen LogP contribution in [0, 0.1) is 6.92 Å². The van der Waals surface area contributed by atoms with E-state index in [9.17, 15) is 4.79 Å². The van der Waals surface area contributed by atoms with Gasteiger partial charge in [0.2, 0.25) is 0 Å². The van der Waals surface area contributed by atoms with Crippen molar-refractivity contribution in [3.05, 3.63) is 40.0 Å². The van der Waals surface area contributed by atoms with Crippen molar-refractivity contribution >= 4 is 21.9 Å². The summed E-state index contributed by atoms with van der Waals surface area (Å²) in [5.41, 5.74) is 3.57. The van der Waals surface area contributed by atoms with Crippen LogP contribution in [-0.2, 0) is 18.3 Å². The van der Waals surface area contributed by atoms with Gasteiger partial charge < -0.3 is 5.11 Å². The van der Waals surface area contributed by atoms with Gasteiger partial charge in [-0.05, 0) is 28.9 Å². The molecule has 0 saturated carbocycles. The standard InChI is InChI=1S/C13H13BrN2O2/c1-8-4-3-5-9(6-8)13-12(14)10(7-11(17)18)16(2)15-13/h3-6H,7H2,1-2H3,(H,17,18).